The van der Waals surface area contributed by atoms with Crippen molar-refractivity contribution in [1.29, 1.82) is 0 Å². The van der Waals surface area contributed by atoms with Gasteiger partial charge < -0.3 is 0 Å². The van der Waals surface area contributed by atoms with Crippen LogP contribution >= 0.6 is 0 Å². The van der Waals surface area contributed by atoms with Gasteiger partial charge in [-0.1, -0.05) is 30.3 Å². The Bertz CT molecular complexity index is 1340. The number of pyridine rings is 1. The van der Waals surface area contributed by atoms with Gasteiger partial charge in [0.1, 0.15) is 10.8 Å². The number of hydrogen-bond acceptors (Lipinski definition) is 6. The first-order valence-corrected chi connectivity index (χ1v) is 11.6. The Kier molecular flexibility index (Phi) is 4.97. The number of nitrogens with zero attached hydrogens (tertiary/aromatic N) is 4. The molecule has 0 saturated carbocycles. The highest BCUT2D eigenvalue weighted by molar-refractivity contribution is 7.89. The van der Waals surface area contributed by atoms with Crippen LogP contribution in [0.3, 0.4) is 0 Å². The lowest BCUT2D eigenvalue weighted by Crippen LogP contribution is -2.14. The second-order valence-electron chi connectivity index (χ2n) is 6.28. The molecular weight excluding hydrogens is 415 g/mol. The summed E-state index contributed by atoms with van der Waals surface area (Å²) in [5.41, 5.74) is 0.970. The number of rotatable bonds is 5. The number of aromatic nitrogens is 4. The molecule has 0 bridgehead atoms. The molecule has 1 unspecified atom stereocenters. The van der Waals surface area contributed by atoms with Gasteiger partial charge in [-0.25, -0.2) is 31.7 Å². The van der Waals surface area contributed by atoms with Crippen molar-refractivity contribution in [2.45, 2.75) is 10.8 Å². The zero-order chi connectivity index (χ0) is 20.6. The summed E-state index contributed by atoms with van der Waals surface area (Å²) in [5, 5.41) is 0.535. The molecule has 0 radical (unpaired) electrons. The summed E-state index contributed by atoms with van der Waals surface area (Å²) in [7, 11) is -5.20. The monoisotopic (exact) mass is 430 g/mol. The number of fused-ring (bicyclic) bond motifs is 1. The predicted molar refractivity (Wildman–Crippen MR) is 108 cm³/mol. The number of halogens is 1. The van der Waals surface area contributed by atoms with Crippen molar-refractivity contribution in [3.8, 4) is 11.4 Å². The van der Waals surface area contributed by atoms with E-state index in [4.69, 9.17) is 0 Å². The van der Waals surface area contributed by atoms with E-state index < -0.39 is 26.6 Å². The zero-order valence-corrected chi connectivity index (χ0v) is 16.8. The summed E-state index contributed by atoms with van der Waals surface area (Å²) < 4.78 is 52.8. The van der Waals surface area contributed by atoms with Gasteiger partial charge in [0.25, 0.3) is 0 Å². The van der Waals surface area contributed by atoms with Crippen molar-refractivity contribution < 1.29 is 17.0 Å². The van der Waals surface area contributed by atoms with Crippen LogP contribution in [0.2, 0.25) is 0 Å². The highest BCUT2D eigenvalue weighted by Crippen LogP contribution is 2.30. The molecule has 29 heavy (non-hydrogen) atoms. The van der Waals surface area contributed by atoms with Crippen LogP contribution in [0.5, 0.6) is 0 Å². The third kappa shape index (κ3) is 3.81. The summed E-state index contributed by atoms with van der Waals surface area (Å²) in [4.78, 5) is 12.4. The molecule has 0 aliphatic carbocycles. The van der Waals surface area contributed by atoms with Gasteiger partial charge in [-0.15, -0.1) is 0 Å². The van der Waals surface area contributed by atoms with Crippen LogP contribution in [0.25, 0.3) is 22.4 Å². The first kappa shape index (κ1) is 19.3. The normalized spacial score (nSPS) is 12.9. The van der Waals surface area contributed by atoms with Crippen molar-refractivity contribution in [2.75, 3.05) is 6.26 Å². The molecule has 4 rings (SSSR count). The smallest absolute Gasteiger partial charge is 0.244 e. The van der Waals surface area contributed by atoms with Crippen LogP contribution in [0.15, 0.2) is 66.1 Å². The lowest BCUT2D eigenvalue weighted by atomic mass is 10.2. The Labute approximate surface area is 168 Å². The van der Waals surface area contributed by atoms with E-state index in [1.165, 1.54) is 30.8 Å². The Morgan fingerprint density at radius 2 is 1.90 bits per heavy atom. The fourth-order valence-electron chi connectivity index (χ4n) is 2.93. The lowest BCUT2D eigenvalue weighted by Gasteiger charge is -2.06. The second-order valence-corrected chi connectivity index (χ2v) is 9.45. The summed E-state index contributed by atoms with van der Waals surface area (Å²) in [6.45, 7) is 0. The molecule has 4 aromatic rings. The molecule has 1 atom stereocenters. The largest absolute Gasteiger partial charge is 0.253 e. The Hall–Kier alpha value is -2.98. The van der Waals surface area contributed by atoms with Crippen LogP contribution in [0.4, 0.5) is 4.39 Å². The van der Waals surface area contributed by atoms with Gasteiger partial charge >= 0.3 is 0 Å². The Morgan fingerprint density at radius 1 is 1.14 bits per heavy atom. The van der Waals surface area contributed by atoms with Crippen LogP contribution in [0, 0.1) is 5.82 Å². The van der Waals surface area contributed by atoms with E-state index in [2.05, 4.69) is 15.0 Å². The predicted octanol–water partition coefficient (Wildman–Crippen LogP) is 2.75. The Morgan fingerprint density at radius 3 is 2.62 bits per heavy atom. The molecule has 3 heterocycles. The summed E-state index contributed by atoms with van der Waals surface area (Å²) in [6.07, 6.45) is 5.18. The van der Waals surface area contributed by atoms with Crippen LogP contribution in [-0.4, -0.2) is 37.8 Å². The van der Waals surface area contributed by atoms with E-state index in [1.54, 1.807) is 30.3 Å². The third-order valence-electron chi connectivity index (χ3n) is 4.24. The molecule has 0 saturated heterocycles. The van der Waals surface area contributed by atoms with Crippen molar-refractivity contribution in [1.82, 2.24) is 18.9 Å². The molecule has 0 fully saturated rings. The van der Waals surface area contributed by atoms with E-state index in [-0.39, 0.29) is 33.2 Å². The fourth-order valence-corrected chi connectivity index (χ4v) is 4.83. The third-order valence-corrected chi connectivity index (χ3v) is 6.63. The number of benzene rings is 1. The first-order valence-electron chi connectivity index (χ1n) is 8.46. The van der Waals surface area contributed by atoms with Crippen molar-refractivity contribution in [3.05, 3.63) is 72.4 Å². The first-order chi connectivity index (χ1) is 13.8. The van der Waals surface area contributed by atoms with Crippen molar-refractivity contribution in [2.24, 2.45) is 0 Å². The standard InChI is InChI=1S/C19H15FN4O3S2/c1-28(25)17-7-8-21-18(23-17)16-11-24(19-15(16)9-14(20)10-22-19)29(26,27)12-13-5-3-2-4-6-13/h2-11H,12H2,1H3. The topological polar surface area (TPSA) is 94.8 Å². The van der Waals surface area contributed by atoms with Gasteiger partial charge in [-0.05, 0) is 17.7 Å². The van der Waals surface area contributed by atoms with E-state index in [0.717, 1.165) is 10.2 Å². The minimum Gasteiger partial charge on any atom is -0.253 e. The number of hydrogen-bond donors (Lipinski definition) is 0. The van der Waals surface area contributed by atoms with E-state index in [1.807, 2.05) is 0 Å². The SMILES string of the molecule is CS(=O)c1ccnc(-c2cn(S(=O)(=O)Cc3ccccc3)c3ncc(F)cc23)n1. The van der Waals surface area contributed by atoms with Crippen molar-refractivity contribution >= 4 is 31.9 Å². The molecule has 10 heteroatoms. The Balaban J connectivity index is 1.91. The fraction of sp³-hybridized carbons (Fsp3) is 0.105. The molecule has 7 nitrogen and oxygen atoms in total. The van der Waals surface area contributed by atoms with Gasteiger partial charge in [-0.2, -0.15) is 0 Å². The molecule has 0 N–H and O–H groups in total. The van der Waals surface area contributed by atoms with E-state index in [9.17, 15) is 17.0 Å². The second kappa shape index (κ2) is 7.45. The molecule has 1 aromatic carbocycles. The van der Waals surface area contributed by atoms with E-state index >= 15 is 0 Å². The maximum absolute atomic E-state index is 13.9. The molecule has 0 amide bonds. The van der Waals surface area contributed by atoms with Gasteiger partial charge in [0, 0.05) is 29.6 Å². The molecule has 0 aliphatic heterocycles. The molecule has 0 aliphatic rings. The van der Waals surface area contributed by atoms with Crippen LogP contribution in [-0.2, 0) is 26.6 Å². The minimum absolute atomic E-state index is 0.0731. The molecular formula is C19H15FN4O3S2. The molecule has 0 spiro atoms. The van der Waals surface area contributed by atoms with Crippen LogP contribution < -0.4 is 0 Å². The van der Waals surface area contributed by atoms with Crippen molar-refractivity contribution in [3.63, 3.8) is 0 Å². The average Bonchev–Trinajstić information content (AvgIpc) is 3.08. The van der Waals surface area contributed by atoms with Gasteiger partial charge in [0.15, 0.2) is 11.5 Å². The van der Waals surface area contributed by atoms with E-state index in [0.29, 0.717) is 5.56 Å². The zero-order valence-electron chi connectivity index (χ0n) is 15.2. The summed E-state index contributed by atoms with van der Waals surface area (Å²) >= 11 is 0. The van der Waals surface area contributed by atoms with Crippen LogP contribution in [0.1, 0.15) is 5.56 Å². The highest BCUT2D eigenvalue weighted by atomic mass is 32.2. The minimum atomic E-state index is -3.85. The van der Waals surface area contributed by atoms with Gasteiger partial charge in [-0.3, -0.25) is 4.21 Å². The molecule has 3 aromatic heterocycles. The van der Waals surface area contributed by atoms with Gasteiger partial charge in [0.2, 0.25) is 10.0 Å². The quantitative estimate of drug-likeness (QED) is 0.452. The summed E-state index contributed by atoms with van der Waals surface area (Å²) in [6, 6.07) is 11.4. The maximum atomic E-state index is 13.9. The lowest BCUT2D eigenvalue weighted by molar-refractivity contribution is 0.587. The maximum Gasteiger partial charge on any atom is 0.244 e. The average molecular weight is 430 g/mol. The summed E-state index contributed by atoms with van der Waals surface area (Å²) in [5.74, 6) is -0.730. The van der Waals surface area contributed by atoms with Gasteiger partial charge in [0.05, 0.1) is 22.7 Å². The molecule has 148 valence electrons. The highest BCUT2D eigenvalue weighted by Gasteiger charge is 2.23.